The van der Waals surface area contributed by atoms with Gasteiger partial charge in [-0.25, -0.2) is 13.2 Å². The van der Waals surface area contributed by atoms with Crippen molar-refractivity contribution in [3.05, 3.63) is 62.9 Å². The highest BCUT2D eigenvalue weighted by molar-refractivity contribution is 7.90. The Morgan fingerprint density at radius 3 is 2.73 bits per heavy atom. The molecule has 0 aliphatic carbocycles. The fraction of sp³-hybridized carbons (Fsp3) is 0.500. The number of rotatable bonds is 10. The van der Waals surface area contributed by atoms with Gasteiger partial charge in [0.1, 0.15) is 18.6 Å². The van der Waals surface area contributed by atoms with E-state index in [0.717, 1.165) is 12.8 Å². The van der Waals surface area contributed by atoms with Gasteiger partial charge in [-0.15, -0.1) is 0 Å². The van der Waals surface area contributed by atoms with Crippen molar-refractivity contribution in [1.29, 1.82) is 0 Å². The molecular formula is C20H26N2O7S. The first-order chi connectivity index (χ1) is 14.4. The van der Waals surface area contributed by atoms with Crippen LogP contribution in [0, 0.1) is 0 Å². The monoisotopic (exact) mass is 438 g/mol. The Hall–Kier alpha value is -2.43. The Labute approximate surface area is 174 Å². The molecule has 0 amide bonds. The third-order valence-corrected chi connectivity index (χ3v) is 6.31. The topological polar surface area (TPSA) is 117 Å². The first kappa shape index (κ1) is 22.3. The van der Waals surface area contributed by atoms with E-state index < -0.39 is 21.1 Å². The first-order valence-electron chi connectivity index (χ1n) is 9.82. The lowest BCUT2D eigenvalue weighted by atomic mass is 10.1. The Bertz CT molecular complexity index is 1040. The van der Waals surface area contributed by atoms with Gasteiger partial charge in [-0.05, 0) is 24.1 Å². The van der Waals surface area contributed by atoms with Crippen molar-refractivity contribution in [1.82, 2.24) is 9.55 Å². The zero-order chi connectivity index (χ0) is 21.4. The van der Waals surface area contributed by atoms with Gasteiger partial charge < -0.3 is 14.2 Å². The van der Waals surface area contributed by atoms with E-state index in [1.807, 2.05) is 6.07 Å². The minimum Gasteiger partial charge on any atom is -0.490 e. The summed E-state index contributed by atoms with van der Waals surface area (Å²) in [7, 11) is -3.31. The smallest absolute Gasteiger partial charge is 0.330 e. The second-order valence-electron chi connectivity index (χ2n) is 7.14. The normalized spacial score (nSPS) is 15.2. The van der Waals surface area contributed by atoms with E-state index in [4.69, 9.17) is 14.2 Å². The number of sulfone groups is 1. The zero-order valence-corrected chi connectivity index (χ0v) is 17.4. The number of ether oxygens (including phenoxy) is 3. The largest absolute Gasteiger partial charge is 0.490 e. The number of hydrogen-bond acceptors (Lipinski definition) is 7. The van der Waals surface area contributed by atoms with Crippen molar-refractivity contribution in [2.45, 2.75) is 37.9 Å². The van der Waals surface area contributed by atoms with E-state index in [0.29, 0.717) is 30.9 Å². The molecule has 1 aliphatic rings. The molecule has 2 aromatic rings. The molecule has 0 bridgehead atoms. The Balaban J connectivity index is 1.43. The summed E-state index contributed by atoms with van der Waals surface area (Å²) in [6, 6.07) is 8.39. The van der Waals surface area contributed by atoms with Gasteiger partial charge in [-0.2, -0.15) is 0 Å². The third kappa shape index (κ3) is 7.12. The summed E-state index contributed by atoms with van der Waals surface area (Å²) in [5.74, 6) is 0.569. The second-order valence-corrected chi connectivity index (χ2v) is 9.32. The molecule has 0 radical (unpaired) electrons. The molecule has 1 aromatic carbocycles. The molecular weight excluding hydrogens is 412 g/mol. The fourth-order valence-electron chi connectivity index (χ4n) is 3.11. The molecule has 1 N–H and O–H groups in total. The van der Waals surface area contributed by atoms with Gasteiger partial charge in [0, 0.05) is 31.7 Å². The molecule has 10 heteroatoms. The molecule has 0 atom stereocenters. The first-order valence-corrected chi connectivity index (χ1v) is 11.6. The van der Waals surface area contributed by atoms with E-state index >= 15 is 0 Å². The summed E-state index contributed by atoms with van der Waals surface area (Å²) in [5.41, 5.74) is -0.372. The Kier molecular flexibility index (Phi) is 7.83. The highest BCUT2D eigenvalue weighted by Crippen LogP contribution is 2.20. The lowest BCUT2D eigenvalue weighted by molar-refractivity contribution is 0.0255. The SMILES string of the molecule is O=c1ccn(COCCCS(=O)(=O)Cc2cccc(OC3CCOCC3)c2)c(=O)[nH]1. The van der Waals surface area contributed by atoms with E-state index in [9.17, 15) is 18.0 Å². The van der Waals surface area contributed by atoms with Crippen molar-refractivity contribution in [2.75, 3.05) is 25.6 Å². The molecule has 1 fully saturated rings. The van der Waals surface area contributed by atoms with Crippen LogP contribution in [-0.2, 0) is 31.8 Å². The Morgan fingerprint density at radius 1 is 1.17 bits per heavy atom. The summed E-state index contributed by atoms with van der Waals surface area (Å²) >= 11 is 0. The van der Waals surface area contributed by atoms with Gasteiger partial charge in [0.2, 0.25) is 0 Å². The number of nitrogens with zero attached hydrogens (tertiary/aromatic N) is 1. The minimum atomic E-state index is -3.31. The van der Waals surface area contributed by atoms with Crippen LogP contribution in [0.3, 0.4) is 0 Å². The van der Waals surface area contributed by atoms with Crippen molar-refractivity contribution < 1.29 is 22.6 Å². The van der Waals surface area contributed by atoms with Crippen molar-refractivity contribution in [3.8, 4) is 5.75 Å². The van der Waals surface area contributed by atoms with Gasteiger partial charge in [-0.1, -0.05) is 12.1 Å². The number of hydrogen-bond donors (Lipinski definition) is 1. The Morgan fingerprint density at radius 2 is 1.97 bits per heavy atom. The summed E-state index contributed by atoms with van der Waals surface area (Å²) in [6.07, 6.45) is 3.38. The van der Waals surface area contributed by atoms with Gasteiger partial charge in [0.15, 0.2) is 9.84 Å². The van der Waals surface area contributed by atoms with Gasteiger partial charge in [-0.3, -0.25) is 14.3 Å². The molecule has 9 nitrogen and oxygen atoms in total. The minimum absolute atomic E-state index is 0.0292. The van der Waals surface area contributed by atoms with Gasteiger partial charge in [0.05, 0.1) is 24.7 Å². The van der Waals surface area contributed by atoms with Crippen LogP contribution in [0.4, 0.5) is 0 Å². The average Bonchev–Trinajstić information content (AvgIpc) is 2.70. The summed E-state index contributed by atoms with van der Waals surface area (Å²) in [5, 5.41) is 0. The number of nitrogens with one attached hydrogen (secondary N) is 1. The summed E-state index contributed by atoms with van der Waals surface area (Å²) in [4.78, 5) is 24.7. The quantitative estimate of drug-likeness (QED) is 0.552. The van der Waals surface area contributed by atoms with E-state index in [-0.39, 0.29) is 30.9 Å². The van der Waals surface area contributed by atoms with E-state index in [1.54, 1.807) is 18.2 Å². The highest BCUT2D eigenvalue weighted by atomic mass is 32.2. The predicted octanol–water partition coefficient (Wildman–Crippen LogP) is 1.07. The molecule has 0 saturated carbocycles. The molecule has 3 rings (SSSR count). The number of aromatic amines is 1. The molecule has 2 heterocycles. The lowest BCUT2D eigenvalue weighted by Gasteiger charge is -2.23. The number of benzene rings is 1. The molecule has 0 unspecified atom stereocenters. The summed E-state index contributed by atoms with van der Waals surface area (Å²) < 4.78 is 42.6. The number of aromatic nitrogens is 2. The van der Waals surface area contributed by atoms with E-state index in [2.05, 4.69) is 4.98 Å². The van der Waals surface area contributed by atoms with Crippen LogP contribution < -0.4 is 16.0 Å². The molecule has 1 saturated heterocycles. The molecule has 0 spiro atoms. The second kappa shape index (κ2) is 10.6. The summed E-state index contributed by atoms with van der Waals surface area (Å²) in [6.45, 7) is 1.48. The van der Waals surface area contributed by atoms with Crippen molar-refractivity contribution in [2.24, 2.45) is 0 Å². The van der Waals surface area contributed by atoms with Crippen LogP contribution in [0.15, 0.2) is 46.1 Å². The average molecular weight is 439 g/mol. The van der Waals surface area contributed by atoms with Gasteiger partial charge >= 0.3 is 5.69 Å². The molecule has 1 aliphatic heterocycles. The zero-order valence-electron chi connectivity index (χ0n) is 16.6. The number of H-pyrrole nitrogens is 1. The maximum atomic E-state index is 12.4. The van der Waals surface area contributed by atoms with Crippen LogP contribution >= 0.6 is 0 Å². The van der Waals surface area contributed by atoms with Crippen LogP contribution in [0.1, 0.15) is 24.8 Å². The standard InChI is InChI=1S/C20H26N2O7S/c23-19-5-8-22(20(24)21-19)15-28-9-2-12-30(25,26)14-16-3-1-4-18(13-16)29-17-6-10-27-11-7-17/h1,3-5,8,13,17H,2,6-7,9-12,14-15H2,(H,21,23,24). The van der Waals surface area contributed by atoms with Crippen LogP contribution in [0.2, 0.25) is 0 Å². The highest BCUT2D eigenvalue weighted by Gasteiger charge is 2.16. The lowest BCUT2D eigenvalue weighted by Crippen LogP contribution is -2.29. The fourth-order valence-corrected chi connectivity index (χ4v) is 4.50. The van der Waals surface area contributed by atoms with Gasteiger partial charge in [0.25, 0.3) is 5.56 Å². The molecule has 1 aromatic heterocycles. The molecule has 30 heavy (non-hydrogen) atoms. The van der Waals surface area contributed by atoms with Crippen molar-refractivity contribution >= 4 is 9.84 Å². The van der Waals surface area contributed by atoms with Crippen LogP contribution in [0.25, 0.3) is 0 Å². The maximum absolute atomic E-state index is 12.4. The van der Waals surface area contributed by atoms with Crippen LogP contribution in [-0.4, -0.2) is 49.6 Å². The maximum Gasteiger partial charge on any atom is 0.330 e. The predicted molar refractivity (Wildman–Crippen MR) is 110 cm³/mol. The van der Waals surface area contributed by atoms with E-state index in [1.165, 1.54) is 16.8 Å². The third-order valence-electron chi connectivity index (χ3n) is 4.63. The molecule has 164 valence electrons. The van der Waals surface area contributed by atoms with Crippen molar-refractivity contribution in [3.63, 3.8) is 0 Å². The van der Waals surface area contributed by atoms with Crippen LogP contribution in [0.5, 0.6) is 5.75 Å².